The van der Waals surface area contributed by atoms with Gasteiger partial charge >= 0.3 is 0 Å². The minimum Gasteiger partial charge on any atom is -0.507 e. The van der Waals surface area contributed by atoms with Crippen molar-refractivity contribution in [1.82, 2.24) is 15.3 Å². The second-order valence-corrected chi connectivity index (χ2v) is 7.87. The Labute approximate surface area is 167 Å². The van der Waals surface area contributed by atoms with Crippen molar-refractivity contribution in [3.63, 3.8) is 0 Å². The highest BCUT2D eigenvalue weighted by Crippen LogP contribution is 2.28. The van der Waals surface area contributed by atoms with E-state index in [1.165, 1.54) is 19.3 Å². The molecular weight excluding hydrogens is 352 g/mol. The van der Waals surface area contributed by atoms with Crippen molar-refractivity contribution in [2.45, 2.75) is 51.2 Å². The summed E-state index contributed by atoms with van der Waals surface area (Å²) in [4.78, 5) is 11.6. The first-order chi connectivity index (χ1) is 13.7. The van der Waals surface area contributed by atoms with E-state index in [9.17, 15) is 5.11 Å². The molecule has 1 atom stereocenters. The van der Waals surface area contributed by atoms with Gasteiger partial charge in [0, 0.05) is 44.0 Å². The number of hydrogen-bond donors (Lipinski definition) is 2. The lowest BCUT2D eigenvalue weighted by molar-refractivity contribution is 0.0149. The fourth-order valence-electron chi connectivity index (χ4n) is 4.08. The third-order valence-corrected chi connectivity index (χ3v) is 5.71. The van der Waals surface area contributed by atoms with Crippen molar-refractivity contribution >= 4 is 5.82 Å². The molecule has 4 rings (SSSR count). The number of ether oxygens (including phenoxy) is 1. The van der Waals surface area contributed by atoms with Crippen LogP contribution in [0.25, 0.3) is 11.4 Å². The third-order valence-electron chi connectivity index (χ3n) is 5.71. The van der Waals surface area contributed by atoms with Gasteiger partial charge < -0.3 is 20.1 Å². The van der Waals surface area contributed by atoms with E-state index in [0.29, 0.717) is 23.5 Å². The summed E-state index contributed by atoms with van der Waals surface area (Å²) in [6.07, 6.45) is 6.26. The molecule has 6 heteroatoms. The van der Waals surface area contributed by atoms with E-state index < -0.39 is 0 Å². The Morgan fingerprint density at radius 3 is 2.71 bits per heavy atom. The number of anilines is 1. The maximum Gasteiger partial charge on any atom is 0.165 e. The van der Waals surface area contributed by atoms with Crippen LogP contribution in [-0.2, 0) is 4.74 Å². The van der Waals surface area contributed by atoms with Gasteiger partial charge in [0.05, 0.1) is 11.7 Å². The smallest absolute Gasteiger partial charge is 0.165 e. The van der Waals surface area contributed by atoms with Gasteiger partial charge in [-0.15, -0.1) is 0 Å². The molecule has 0 amide bonds. The summed E-state index contributed by atoms with van der Waals surface area (Å²) in [5, 5.41) is 13.8. The van der Waals surface area contributed by atoms with Gasteiger partial charge in [0.1, 0.15) is 11.6 Å². The Kier molecular flexibility index (Phi) is 6.07. The quantitative estimate of drug-likeness (QED) is 0.827. The van der Waals surface area contributed by atoms with Crippen LogP contribution in [0.5, 0.6) is 5.75 Å². The van der Waals surface area contributed by atoms with Crippen LogP contribution in [0.15, 0.2) is 30.3 Å². The number of nitrogens with one attached hydrogen (secondary N) is 1. The van der Waals surface area contributed by atoms with Crippen molar-refractivity contribution in [2.75, 3.05) is 31.1 Å². The monoisotopic (exact) mass is 382 g/mol. The van der Waals surface area contributed by atoms with Gasteiger partial charge in [0.25, 0.3) is 0 Å². The molecule has 2 saturated heterocycles. The van der Waals surface area contributed by atoms with Gasteiger partial charge in [-0.25, -0.2) is 9.97 Å². The highest BCUT2D eigenvalue weighted by molar-refractivity contribution is 5.65. The average Bonchev–Trinajstić information content (AvgIpc) is 2.73. The molecule has 150 valence electrons. The number of rotatable bonds is 5. The Bertz CT molecular complexity index is 784. The Morgan fingerprint density at radius 1 is 1.14 bits per heavy atom. The third kappa shape index (κ3) is 4.62. The molecule has 0 spiro atoms. The topological polar surface area (TPSA) is 70.5 Å². The predicted molar refractivity (Wildman–Crippen MR) is 111 cm³/mol. The van der Waals surface area contributed by atoms with Crippen molar-refractivity contribution in [1.29, 1.82) is 0 Å². The van der Waals surface area contributed by atoms with Gasteiger partial charge in [-0.05, 0) is 51.2 Å². The first-order valence-corrected chi connectivity index (χ1v) is 10.4. The van der Waals surface area contributed by atoms with Crippen molar-refractivity contribution < 1.29 is 9.84 Å². The zero-order valence-electron chi connectivity index (χ0n) is 16.6. The molecule has 2 N–H and O–H groups in total. The summed E-state index contributed by atoms with van der Waals surface area (Å²) < 4.78 is 5.83. The molecule has 2 aliphatic rings. The van der Waals surface area contributed by atoms with Crippen LogP contribution in [0.1, 0.15) is 37.8 Å². The summed E-state index contributed by atoms with van der Waals surface area (Å²) in [5.41, 5.74) is 1.59. The molecule has 0 aliphatic carbocycles. The van der Waals surface area contributed by atoms with Gasteiger partial charge in [0.15, 0.2) is 5.82 Å². The SMILES string of the molecule is Cc1cc(N2CCC(NCC3CCCCO3)CC2)nc(-c2ccccc2O)n1. The summed E-state index contributed by atoms with van der Waals surface area (Å²) in [7, 11) is 0. The van der Waals surface area contributed by atoms with E-state index in [2.05, 4.69) is 15.2 Å². The van der Waals surface area contributed by atoms with Crippen LogP contribution in [-0.4, -0.2) is 53.5 Å². The molecule has 0 saturated carbocycles. The minimum atomic E-state index is 0.215. The predicted octanol–water partition coefficient (Wildman–Crippen LogP) is 3.29. The van der Waals surface area contributed by atoms with Crippen LogP contribution in [0, 0.1) is 6.92 Å². The first-order valence-electron chi connectivity index (χ1n) is 10.4. The van der Waals surface area contributed by atoms with E-state index in [1.807, 2.05) is 31.2 Å². The number of nitrogens with zero attached hydrogens (tertiary/aromatic N) is 3. The fourth-order valence-corrected chi connectivity index (χ4v) is 4.08. The first kappa shape index (κ1) is 19.2. The molecule has 3 heterocycles. The molecule has 0 bridgehead atoms. The Morgan fingerprint density at radius 2 is 1.96 bits per heavy atom. The normalized spacial score (nSPS) is 21.0. The molecule has 6 nitrogen and oxygen atoms in total. The summed E-state index contributed by atoms with van der Waals surface area (Å²) in [6.45, 7) is 5.80. The van der Waals surface area contributed by atoms with Gasteiger partial charge in [-0.1, -0.05) is 12.1 Å². The molecule has 1 aromatic carbocycles. The fraction of sp³-hybridized carbons (Fsp3) is 0.545. The summed E-state index contributed by atoms with van der Waals surface area (Å²) in [6, 6.07) is 9.82. The maximum atomic E-state index is 10.1. The van der Waals surface area contributed by atoms with Crippen LogP contribution in [0.3, 0.4) is 0 Å². The van der Waals surface area contributed by atoms with E-state index >= 15 is 0 Å². The van der Waals surface area contributed by atoms with Crippen LogP contribution in [0.4, 0.5) is 5.82 Å². The van der Waals surface area contributed by atoms with Crippen molar-refractivity contribution in [3.05, 3.63) is 36.0 Å². The average molecular weight is 383 g/mol. The van der Waals surface area contributed by atoms with Crippen LogP contribution < -0.4 is 10.2 Å². The molecule has 2 fully saturated rings. The van der Waals surface area contributed by atoms with Crippen molar-refractivity contribution in [2.24, 2.45) is 0 Å². The zero-order valence-corrected chi connectivity index (χ0v) is 16.6. The number of para-hydroxylation sites is 1. The molecule has 0 radical (unpaired) electrons. The highest BCUT2D eigenvalue weighted by atomic mass is 16.5. The molecule has 1 aromatic heterocycles. The Hall–Kier alpha value is -2.18. The maximum absolute atomic E-state index is 10.1. The Balaban J connectivity index is 1.37. The second kappa shape index (κ2) is 8.88. The number of aryl methyl sites for hydroxylation is 1. The lowest BCUT2D eigenvalue weighted by Crippen LogP contribution is -2.45. The number of piperidine rings is 1. The van der Waals surface area contributed by atoms with Crippen molar-refractivity contribution in [3.8, 4) is 17.1 Å². The molecular formula is C22H30N4O2. The number of aromatic nitrogens is 2. The van der Waals surface area contributed by atoms with Crippen LogP contribution >= 0.6 is 0 Å². The van der Waals surface area contributed by atoms with E-state index in [-0.39, 0.29) is 5.75 Å². The number of hydrogen-bond acceptors (Lipinski definition) is 6. The molecule has 2 aromatic rings. The largest absolute Gasteiger partial charge is 0.507 e. The van der Waals surface area contributed by atoms with Crippen LogP contribution in [0.2, 0.25) is 0 Å². The van der Waals surface area contributed by atoms with E-state index in [4.69, 9.17) is 9.72 Å². The summed E-state index contributed by atoms with van der Waals surface area (Å²) >= 11 is 0. The van der Waals surface area contributed by atoms with E-state index in [1.54, 1.807) is 6.07 Å². The summed E-state index contributed by atoms with van der Waals surface area (Å²) in [5.74, 6) is 1.74. The van der Waals surface area contributed by atoms with E-state index in [0.717, 1.165) is 50.6 Å². The number of benzene rings is 1. The van der Waals surface area contributed by atoms with Gasteiger partial charge in [0.2, 0.25) is 0 Å². The molecule has 28 heavy (non-hydrogen) atoms. The number of phenols is 1. The van der Waals surface area contributed by atoms with Gasteiger partial charge in [-0.3, -0.25) is 0 Å². The standard InChI is InChI=1S/C22H30N4O2/c1-16-14-21(25-22(24-16)19-7-2-3-8-20(19)27)26-11-9-17(10-12-26)23-15-18-6-4-5-13-28-18/h2-3,7-8,14,17-18,23,27H,4-6,9-13,15H2,1H3. The number of phenolic OH excluding ortho intramolecular Hbond substituents is 1. The number of aromatic hydroxyl groups is 1. The highest BCUT2D eigenvalue weighted by Gasteiger charge is 2.22. The zero-order chi connectivity index (χ0) is 19.3. The molecule has 2 aliphatic heterocycles. The molecule has 1 unspecified atom stereocenters. The lowest BCUT2D eigenvalue weighted by atomic mass is 10.0. The van der Waals surface area contributed by atoms with Gasteiger partial charge in [-0.2, -0.15) is 0 Å². The second-order valence-electron chi connectivity index (χ2n) is 7.87. The lowest BCUT2D eigenvalue weighted by Gasteiger charge is -2.34. The minimum absolute atomic E-state index is 0.215.